The molecule has 1 aliphatic carbocycles. The van der Waals surface area contributed by atoms with Crippen molar-refractivity contribution in [1.29, 1.82) is 0 Å². The van der Waals surface area contributed by atoms with Gasteiger partial charge in [-0.15, -0.1) is 24.0 Å². The van der Waals surface area contributed by atoms with Gasteiger partial charge < -0.3 is 10.6 Å². The zero-order valence-corrected chi connectivity index (χ0v) is 21.0. The highest BCUT2D eigenvalue weighted by Gasteiger charge is 2.26. The molecule has 1 saturated carbocycles. The second kappa shape index (κ2) is 14.1. The second-order valence-electron chi connectivity index (χ2n) is 6.67. The number of halogens is 1. The molecule has 3 unspecified atom stereocenters. The van der Waals surface area contributed by atoms with Crippen molar-refractivity contribution in [2.75, 3.05) is 38.2 Å². The average Bonchev–Trinajstić information content (AvgIpc) is 2.60. The van der Waals surface area contributed by atoms with Crippen LogP contribution in [0.25, 0.3) is 0 Å². The lowest BCUT2D eigenvalue weighted by Gasteiger charge is -2.30. The largest absolute Gasteiger partial charge is 0.357 e. The van der Waals surface area contributed by atoms with Crippen molar-refractivity contribution >= 4 is 50.8 Å². The lowest BCUT2D eigenvalue weighted by molar-refractivity contribution is 0.412. The average molecular weight is 537 g/mol. The minimum absolute atomic E-state index is 0. The maximum absolute atomic E-state index is 12.1. The third-order valence-corrected chi connectivity index (χ3v) is 7.74. The van der Waals surface area contributed by atoms with E-state index in [0.717, 1.165) is 43.9 Å². The molecule has 0 aromatic heterocycles. The van der Waals surface area contributed by atoms with Crippen molar-refractivity contribution in [1.82, 2.24) is 14.9 Å². The summed E-state index contributed by atoms with van der Waals surface area (Å²) in [5, 5.41) is 7.00. The summed E-state index contributed by atoms with van der Waals surface area (Å²) in [5.74, 6) is 1.49. The standard InChI is InChI=1S/C17H36N4O3S2.HI/c1-5-18-17(19-12-9-13-21(6-2)26(4,23)24)20-15-10-8-11-16(14-15)25(22)7-3;/h15-16H,5-14H2,1-4H3,(H2,18,19,20);1H. The summed E-state index contributed by atoms with van der Waals surface area (Å²) in [7, 11) is -3.88. The van der Waals surface area contributed by atoms with Crippen LogP contribution in [0.3, 0.4) is 0 Å². The first-order chi connectivity index (χ1) is 12.3. The number of hydrogen-bond donors (Lipinski definition) is 2. The second-order valence-corrected chi connectivity index (χ2v) is 10.7. The van der Waals surface area contributed by atoms with E-state index in [1.165, 1.54) is 10.6 Å². The van der Waals surface area contributed by atoms with Crippen molar-refractivity contribution in [3.05, 3.63) is 0 Å². The van der Waals surface area contributed by atoms with Gasteiger partial charge in [-0.25, -0.2) is 12.7 Å². The lowest BCUT2D eigenvalue weighted by Crippen LogP contribution is -2.46. The third kappa shape index (κ3) is 10.4. The summed E-state index contributed by atoms with van der Waals surface area (Å²) in [6.45, 7) is 8.16. The highest BCUT2D eigenvalue weighted by molar-refractivity contribution is 14.0. The Hall–Kier alpha value is 0.0600. The SMILES string of the molecule is CCNC(=NCCCN(CC)S(C)(=O)=O)NC1CCCC(S(=O)CC)C1.I. The zero-order valence-electron chi connectivity index (χ0n) is 17.1. The number of nitrogens with one attached hydrogen (secondary N) is 2. The number of guanidine groups is 1. The molecule has 0 aromatic rings. The fourth-order valence-corrected chi connectivity index (χ4v) is 5.54. The monoisotopic (exact) mass is 536 g/mol. The van der Waals surface area contributed by atoms with E-state index in [4.69, 9.17) is 0 Å². The van der Waals surface area contributed by atoms with Crippen LogP contribution < -0.4 is 10.6 Å². The van der Waals surface area contributed by atoms with E-state index in [9.17, 15) is 12.6 Å². The molecule has 1 fully saturated rings. The zero-order chi connectivity index (χ0) is 19.6. The van der Waals surface area contributed by atoms with Crippen LogP contribution in [0.1, 0.15) is 52.9 Å². The first-order valence-electron chi connectivity index (χ1n) is 9.68. The quantitative estimate of drug-likeness (QED) is 0.193. The Bertz CT molecular complexity index is 573. The molecule has 0 heterocycles. The normalized spacial score (nSPS) is 22.2. The molecule has 0 spiro atoms. The highest BCUT2D eigenvalue weighted by Crippen LogP contribution is 2.22. The summed E-state index contributed by atoms with van der Waals surface area (Å²) >= 11 is 0. The van der Waals surface area contributed by atoms with Crippen molar-refractivity contribution < 1.29 is 12.6 Å². The van der Waals surface area contributed by atoms with E-state index in [1.807, 2.05) is 20.8 Å². The van der Waals surface area contributed by atoms with Crippen LogP contribution in [-0.2, 0) is 20.8 Å². The molecular formula is C17H37IN4O3S2. The third-order valence-electron chi connectivity index (χ3n) is 4.62. The summed E-state index contributed by atoms with van der Waals surface area (Å²) in [5.41, 5.74) is 0. The van der Waals surface area contributed by atoms with Crippen LogP contribution in [0.2, 0.25) is 0 Å². The van der Waals surface area contributed by atoms with Crippen LogP contribution >= 0.6 is 24.0 Å². The Balaban J connectivity index is 0.00000676. The molecule has 0 aromatic carbocycles. The van der Waals surface area contributed by atoms with Crippen LogP contribution in [0, 0.1) is 0 Å². The Morgan fingerprint density at radius 3 is 2.52 bits per heavy atom. The van der Waals surface area contributed by atoms with E-state index >= 15 is 0 Å². The molecule has 162 valence electrons. The maximum atomic E-state index is 12.1. The molecule has 1 aliphatic rings. The fourth-order valence-electron chi connectivity index (χ4n) is 3.26. The van der Waals surface area contributed by atoms with Gasteiger partial charge in [-0.2, -0.15) is 0 Å². The Morgan fingerprint density at radius 1 is 1.26 bits per heavy atom. The van der Waals surface area contributed by atoms with Gasteiger partial charge in [-0.1, -0.05) is 20.3 Å². The van der Waals surface area contributed by atoms with Crippen molar-refractivity contribution in [3.8, 4) is 0 Å². The molecular weight excluding hydrogens is 499 g/mol. The smallest absolute Gasteiger partial charge is 0.211 e. The molecule has 3 atom stereocenters. The predicted molar refractivity (Wildman–Crippen MR) is 126 cm³/mol. The first kappa shape index (κ1) is 27.1. The molecule has 10 heteroatoms. The van der Waals surface area contributed by atoms with Crippen LogP contribution in [0.15, 0.2) is 4.99 Å². The fraction of sp³-hybridized carbons (Fsp3) is 0.941. The molecule has 0 amide bonds. The maximum Gasteiger partial charge on any atom is 0.211 e. The van der Waals surface area contributed by atoms with Gasteiger partial charge in [0.2, 0.25) is 10.0 Å². The van der Waals surface area contributed by atoms with E-state index in [1.54, 1.807) is 0 Å². The van der Waals surface area contributed by atoms with Crippen LogP contribution in [0.4, 0.5) is 0 Å². The number of hydrogen-bond acceptors (Lipinski definition) is 4. The van der Waals surface area contributed by atoms with Crippen LogP contribution in [-0.4, -0.2) is 72.4 Å². The van der Waals surface area contributed by atoms with Gasteiger partial charge in [0.1, 0.15) is 0 Å². The van der Waals surface area contributed by atoms with Crippen molar-refractivity contribution in [3.63, 3.8) is 0 Å². The predicted octanol–water partition coefficient (Wildman–Crippen LogP) is 1.91. The summed E-state index contributed by atoms with van der Waals surface area (Å²) in [4.78, 5) is 4.58. The van der Waals surface area contributed by atoms with Gasteiger partial charge >= 0.3 is 0 Å². The lowest BCUT2D eigenvalue weighted by atomic mass is 9.95. The van der Waals surface area contributed by atoms with Gasteiger partial charge in [0.05, 0.1) is 6.26 Å². The summed E-state index contributed by atoms with van der Waals surface area (Å²) in [6, 6.07) is 0.296. The molecule has 0 saturated heterocycles. The molecule has 0 radical (unpaired) electrons. The summed E-state index contributed by atoms with van der Waals surface area (Å²) < 4.78 is 36.8. The molecule has 0 bridgehead atoms. The minimum atomic E-state index is -3.14. The van der Waals surface area contributed by atoms with E-state index in [2.05, 4.69) is 15.6 Å². The molecule has 7 nitrogen and oxygen atoms in total. The topological polar surface area (TPSA) is 90.9 Å². The van der Waals surface area contributed by atoms with Crippen LogP contribution in [0.5, 0.6) is 0 Å². The first-order valence-corrected chi connectivity index (χ1v) is 12.9. The molecule has 2 N–H and O–H groups in total. The highest BCUT2D eigenvalue weighted by atomic mass is 127. The van der Waals surface area contributed by atoms with Gasteiger partial charge in [-0.05, 0) is 32.6 Å². The van der Waals surface area contributed by atoms with Gasteiger partial charge in [0.15, 0.2) is 5.96 Å². The van der Waals surface area contributed by atoms with E-state index in [0.29, 0.717) is 32.1 Å². The number of sulfonamides is 1. The molecule has 27 heavy (non-hydrogen) atoms. The number of nitrogens with zero attached hydrogens (tertiary/aromatic N) is 2. The Labute approximate surface area is 185 Å². The molecule has 1 rings (SSSR count). The van der Waals surface area contributed by atoms with E-state index in [-0.39, 0.29) is 29.2 Å². The minimum Gasteiger partial charge on any atom is -0.357 e. The number of aliphatic imine (C=N–C) groups is 1. The Morgan fingerprint density at radius 2 is 1.96 bits per heavy atom. The van der Waals surface area contributed by atoms with Crippen molar-refractivity contribution in [2.45, 2.75) is 64.2 Å². The summed E-state index contributed by atoms with van der Waals surface area (Å²) in [6.07, 6.45) is 6.05. The van der Waals surface area contributed by atoms with Gasteiger partial charge in [0.25, 0.3) is 0 Å². The van der Waals surface area contributed by atoms with Gasteiger partial charge in [-0.3, -0.25) is 9.20 Å². The van der Waals surface area contributed by atoms with E-state index < -0.39 is 20.8 Å². The Kier molecular flexibility index (Phi) is 14.1. The number of rotatable bonds is 10. The van der Waals surface area contributed by atoms with Gasteiger partial charge in [0, 0.05) is 54.0 Å². The molecule has 0 aliphatic heterocycles. The van der Waals surface area contributed by atoms with Crippen molar-refractivity contribution in [2.24, 2.45) is 4.99 Å².